The predicted molar refractivity (Wildman–Crippen MR) is 127 cm³/mol. The maximum atomic E-state index is 13.0. The van der Waals surface area contributed by atoms with Crippen molar-refractivity contribution in [2.75, 3.05) is 15.9 Å². The molecule has 1 amide bonds. The molecule has 1 aromatic heterocycles. The fourth-order valence-electron chi connectivity index (χ4n) is 4.10. The number of para-hydroxylation sites is 2. The molecule has 0 saturated carbocycles. The van der Waals surface area contributed by atoms with Gasteiger partial charge in [0, 0.05) is 34.0 Å². The van der Waals surface area contributed by atoms with E-state index in [9.17, 15) is 13.2 Å². The second-order valence-corrected chi connectivity index (χ2v) is 9.41. The summed E-state index contributed by atoms with van der Waals surface area (Å²) in [7, 11) is -3.65. The summed E-state index contributed by atoms with van der Waals surface area (Å²) in [6, 6.07) is 21.7. The van der Waals surface area contributed by atoms with Crippen LogP contribution in [0.15, 0.2) is 72.8 Å². The van der Waals surface area contributed by atoms with Crippen LogP contribution in [0.4, 0.5) is 11.4 Å². The van der Waals surface area contributed by atoms with Crippen LogP contribution in [-0.2, 0) is 21.4 Å². The lowest BCUT2D eigenvalue weighted by atomic mass is 10.1. The lowest BCUT2D eigenvalue weighted by Gasteiger charge is -2.28. The Balaban J connectivity index is 1.68. The maximum Gasteiger partial charge on any atom is 0.247 e. The average Bonchev–Trinajstić information content (AvgIpc) is 3.06. The van der Waals surface area contributed by atoms with Crippen LogP contribution in [0, 0.1) is 0 Å². The molecule has 0 bridgehead atoms. The Morgan fingerprint density at radius 2 is 1.61 bits per heavy atom. The van der Waals surface area contributed by atoms with Crippen molar-refractivity contribution in [3.05, 3.63) is 72.8 Å². The van der Waals surface area contributed by atoms with Gasteiger partial charge in [-0.25, -0.2) is 8.42 Å². The number of amides is 1. The molecule has 0 radical (unpaired) electrons. The summed E-state index contributed by atoms with van der Waals surface area (Å²) in [6.45, 7) is 4.53. The first-order valence-corrected chi connectivity index (χ1v) is 12.0. The number of hydrogen-bond donors (Lipinski definition) is 1. The second-order valence-electron chi connectivity index (χ2n) is 7.55. The monoisotopic (exact) mass is 435 g/mol. The zero-order chi connectivity index (χ0) is 22.2. The molecule has 3 aromatic carbocycles. The number of fused-ring (bicyclic) bond motifs is 3. The van der Waals surface area contributed by atoms with Crippen molar-refractivity contribution in [3.63, 3.8) is 0 Å². The lowest BCUT2D eigenvalue weighted by Crippen LogP contribution is -2.45. The van der Waals surface area contributed by atoms with E-state index in [4.69, 9.17) is 0 Å². The molecule has 0 saturated heterocycles. The minimum absolute atomic E-state index is 0.396. The number of nitrogens with zero attached hydrogens (tertiary/aromatic N) is 2. The van der Waals surface area contributed by atoms with Crippen LogP contribution in [0.2, 0.25) is 0 Å². The molecule has 4 aromatic rings. The molecule has 0 aliphatic carbocycles. The van der Waals surface area contributed by atoms with Gasteiger partial charge in [0.05, 0.1) is 11.9 Å². The molecule has 0 aliphatic rings. The Morgan fingerprint density at radius 3 is 2.29 bits per heavy atom. The molecule has 4 rings (SSSR count). The summed E-state index contributed by atoms with van der Waals surface area (Å²) >= 11 is 0. The molecular formula is C24H25N3O3S. The van der Waals surface area contributed by atoms with Crippen LogP contribution in [-0.4, -0.2) is 31.2 Å². The summed E-state index contributed by atoms with van der Waals surface area (Å²) in [5.74, 6) is -0.396. The number of hydrogen-bond acceptors (Lipinski definition) is 3. The molecule has 1 N–H and O–H groups in total. The van der Waals surface area contributed by atoms with E-state index in [2.05, 4.69) is 28.9 Å². The second kappa shape index (κ2) is 8.07. The van der Waals surface area contributed by atoms with Crippen molar-refractivity contribution >= 4 is 49.1 Å². The Hall–Kier alpha value is -3.32. The third kappa shape index (κ3) is 3.88. The van der Waals surface area contributed by atoms with Gasteiger partial charge in [-0.1, -0.05) is 36.4 Å². The first-order valence-electron chi connectivity index (χ1n) is 10.2. The minimum atomic E-state index is -3.65. The minimum Gasteiger partial charge on any atom is -0.341 e. The number of benzene rings is 3. The molecule has 0 spiro atoms. The molecule has 1 atom stereocenters. The van der Waals surface area contributed by atoms with Gasteiger partial charge in [-0.3, -0.25) is 9.10 Å². The van der Waals surface area contributed by atoms with Crippen LogP contribution in [0.5, 0.6) is 0 Å². The normalized spacial score (nSPS) is 12.7. The SMILES string of the molecule is CCn1c2ccccc2c2cc(NC(=O)[C@H](C)N(c3ccccc3)S(C)(=O)=O)ccc21. The van der Waals surface area contributed by atoms with Crippen molar-refractivity contribution in [2.45, 2.75) is 26.4 Å². The molecule has 1 heterocycles. The molecule has 0 unspecified atom stereocenters. The van der Waals surface area contributed by atoms with Gasteiger partial charge in [0.1, 0.15) is 6.04 Å². The smallest absolute Gasteiger partial charge is 0.247 e. The van der Waals surface area contributed by atoms with E-state index in [-0.39, 0.29) is 0 Å². The molecule has 160 valence electrons. The van der Waals surface area contributed by atoms with Gasteiger partial charge < -0.3 is 9.88 Å². The van der Waals surface area contributed by atoms with Crippen molar-refractivity contribution < 1.29 is 13.2 Å². The molecule has 0 aliphatic heterocycles. The highest BCUT2D eigenvalue weighted by Gasteiger charge is 2.29. The van der Waals surface area contributed by atoms with E-state index in [1.807, 2.05) is 30.3 Å². The van der Waals surface area contributed by atoms with E-state index < -0.39 is 22.0 Å². The number of anilines is 2. The number of sulfonamides is 1. The fraction of sp³-hybridized carbons (Fsp3) is 0.208. The summed E-state index contributed by atoms with van der Waals surface area (Å²) in [5.41, 5.74) is 3.32. The summed E-state index contributed by atoms with van der Waals surface area (Å²) in [4.78, 5) is 13.0. The molecule has 6 nitrogen and oxygen atoms in total. The highest BCUT2D eigenvalue weighted by atomic mass is 32.2. The maximum absolute atomic E-state index is 13.0. The number of aryl methyl sites for hydroxylation is 1. The number of carbonyl (C=O) groups is 1. The van der Waals surface area contributed by atoms with E-state index in [1.54, 1.807) is 37.3 Å². The largest absolute Gasteiger partial charge is 0.341 e. The first-order chi connectivity index (χ1) is 14.8. The summed E-state index contributed by atoms with van der Waals surface area (Å²) in [5, 5.41) is 5.06. The Morgan fingerprint density at radius 1 is 0.968 bits per heavy atom. The van der Waals surface area contributed by atoms with Crippen molar-refractivity contribution in [3.8, 4) is 0 Å². The van der Waals surface area contributed by atoms with E-state index in [1.165, 1.54) is 0 Å². The van der Waals surface area contributed by atoms with Crippen LogP contribution in [0.1, 0.15) is 13.8 Å². The number of carbonyl (C=O) groups excluding carboxylic acids is 1. The van der Waals surface area contributed by atoms with Crippen LogP contribution < -0.4 is 9.62 Å². The highest BCUT2D eigenvalue weighted by Crippen LogP contribution is 2.31. The number of nitrogens with one attached hydrogen (secondary N) is 1. The van der Waals surface area contributed by atoms with Gasteiger partial charge in [-0.05, 0) is 50.2 Å². The topological polar surface area (TPSA) is 71.4 Å². The zero-order valence-electron chi connectivity index (χ0n) is 17.7. The standard InChI is InChI=1S/C24H25N3O3S/c1-4-26-22-13-9-8-12-20(22)21-16-18(14-15-23(21)26)25-24(28)17(2)27(31(3,29)30)19-10-6-5-7-11-19/h5-17H,4H2,1-3H3,(H,25,28)/t17-/m0/s1. The Kier molecular flexibility index (Phi) is 5.45. The summed E-state index contributed by atoms with van der Waals surface area (Å²) < 4.78 is 28.2. The number of aromatic nitrogens is 1. The Bertz CT molecular complexity index is 1360. The molecule has 0 fully saturated rings. The predicted octanol–water partition coefficient (Wildman–Crippen LogP) is 4.61. The van der Waals surface area contributed by atoms with Gasteiger partial charge >= 0.3 is 0 Å². The van der Waals surface area contributed by atoms with Gasteiger partial charge in [-0.15, -0.1) is 0 Å². The van der Waals surface area contributed by atoms with E-state index in [0.717, 1.165) is 38.9 Å². The molecule has 7 heteroatoms. The quantitative estimate of drug-likeness (QED) is 0.481. The van der Waals surface area contributed by atoms with Crippen molar-refractivity contribution in [1.82, 2.24) is 4.57 Å². The van der Waals surface area contributed by atoms with Crippen LogP contribution in [0.25, 0.3) is 21.8 Å². The lowest BCUT2D eigenvalue weighted by molar-refractivity contribution is -0.116. The van der Waals surface area contributed by atoms with Crippen LogP contribution >= 0.6 is 0 Å². The van der Waals surface area contributed by atoms with Crippen molar-refractivity contribution in [2.24, 2.45) is 0 Å². The third-order valence-electron chi connectivity index (χ3n) is 5.46. The average molecular weight is 436 g/mol. The molecule has 31 heavy (non-hydrogen) atoms. The number of rotatable bonds is 6. The molecular weight excluding hydrogens is 410 g/mol. The summed E-state index contributed by atoms with van der Waals surface area (Å²) in [6.07, 6.45) is 1.11. The van der Waals surface area contributed by atoms with Gasteiger partial charge in [-0.2, -0.15) is 0 Å². The van der Waals surface area contributed by atoms with Gasteiger partial charge in [0.2, 0.25) is 15.9 Å². The van der Waals surface area contributed by atoms with Gasteiger partial charge in [0.15, 0.2) is 0 Å². The van der Waals surface area contributed by atoms with Gasteiger partial charge in [0.25, 0.3) is 0 Å². The van der Waals surface area contributed by atoms with Crippen molar-refractivity contribution in [1.29, 1.82) is 0 Å². The highest BCUT2D eigenvalue weighted by molar-refractivity contribution is 7.92. The fourth-order valence-corrected chi connectivity index (χ4v) is 5.28. The Labute approximate surface area is 182 Å². The third-order valence-corrected chi connectivity index (χ3v) is 6.70. The van der Waals surface area contributed by atoms with E-state index in [0.29, 0.717) is 11.4 Å². The van der Waals surface area contributed by atoms with E-state index >= 15 is 0 Å². The first kappa shape index (κ1) is 20.9. The zero-order valence-corrected chi connectivity index (χ0v) is 18.6. The van der Waals surface area contributed by atoms with Crippen LogP contribution in [0.3, 0.4) is 0 Å².